The number of carbonyl (C=O) groups excluding carboxylic acids is 2. The van der Waals surface area contributed by atoms with Crippen LogP contribution in [0.3, 0.4) is 0 Å². The summed E-state index contributed by atoms with van der Waals surface area (Å²) in [6.07, 6.45) is 2.01. The van der Waals surface area contributed by atoms with E-state index in [1.807, 2.05) is 81.6 Å². The van der Waals surface area contributed by atoms with Crippen LogP contribution in [0.2, 0.25) is 0 Å². The van der Waals surface area contributed by atoms with Gasteiger partial charge in [-0.3, -0.25) is 4.79 Å². The molecule has 8 heteroatoms. The molecule has 2 aromatic carbocycles. The summed E-state index contributed by atoms with van der Waals surface area (Å²) in [4.78, 5) is 29.4. The summed E-state index contributed by atoms with van der Waals surface area (Å²) in [6, 6.07) is 19.3. The first-order valence-corrected chi connectivity index (χ1v) is 12.9. The average Bonchev–Trinajstić information content (AvgIpc) is 2.90. The molecule has 8 nitrogen and oxygen atoms in total. The molecule has 0 bridgehead atoms. The summed E-state index contributed by atoms with van der Waals surface area (Å²) in [7, 11) is 2.03. The lowest BCUT2D eigenvalue weighted by Crippen LogP contribution is -2.53. The van der Waals surface area contributed by atoms with E-state index in [1.54, 1.807) is 0 Å². The van der Waals surface area contributed by atoms with E-state index >= 15 is 0 Å². The number of nitrogens with one attached hydrogen (secondary N) is 1. The maximum absolute atomic E-state index is 13.5. The number of likely N-dealkylation sites (N-methyl/N-ethyl adjacent to an activating group) is 1. The molecule has 3 atom stereocenters. The van der Waals surface area contributed by atoms with Crippen LogP contribution in [0.5, 0.6) is 0 Å². The van der Waals surface area contributed by atoms with Crippen molar-refractivity contribution in [3.05, 3.63) is 71.8 Å². The molecule has 0 saturated carbocycles. The van der Waals surface area contributed by atoms with Crippen molar-refractivity contribution in [2.24, 2.45) is 5.92 Å². The Balaban J connectivity index is 1.59. The van der Waals surface area contributed by atoms with Crippen molar-refractivity contribution in [2.45, 2.75) is 64.4 Å². The minimum Gasteiger partial charge on any atom is -0.436 e. The standard InChI is InChI=1S/C29H38N4O4/c1-22(2)16-27(37-29(35)31-18-23-10-6-4-7-11-23)28(34)33(21-30)25-14-15-32(3)26(17-25)20-36-19-24-12-8-5-9-13-24/h4-13,22,25-27H,14-20H2,1-3H3,(H,31,35). The van der Waals surface area contributed by atoms with Crippen LogP contribution >= 0.6 is 0 Å². The summed E-state index contributed by atoms with van der Waals surface area (Å²) in [5.74, 6) is -0.363. The first-order chi connectivity index (χ1) is 17.9. The van der Waals surface area contributed by atoms with E-state index < -0.39 is 18.1 Å². The third kappa shape index (κ3) is 8.88. The van der Waals surface area contributed by atoms with E-state index in [0.717, 1.165) is 17.7 Å². The second kappa shape index (κ2) is 14.4. The molecule has 0 radical (unpaired) electrons. The van der Waals surface area contributed by atoms with Gasteiger partial charge in [-0.05, 0) is 43.4 Å². The van der Waals surface area contributed by atoms with Gasteiger partial charge < -0.3 is 19.7 Å². The summed E-state index contributed by atoms with van der Waals surface area (Å²) in [6.45, 7) is 5.96. The largest absolute Gasteiger partial charge is 0.436 e. The molecular weight excluding hydrogens is 468 g/mol. The molecule has 1 aliphatic rings. The number of alkyl carbamates (subject to hydrolysis) is 1. The van der Waals surface area contributed by atoms with Gasteiger partial charge in [-0.1, -0.05) is 74.5 Å². The Bertz CT molecular complexity index is 1030. The maximum atomic E-state index is 13.5. The zero-order valence-electron chi connectivity index (χ0n) is 22.0. The molecule has 1 N–H and O–H groups in total. The molecule has 0 aliphatic carbocycles. The number of piperidine rings is 1. The average molecular weight is 507 g/mol. The van der Waals surface area contributed by atoms with Crippen molar-refractivity contribution >= 4 is 12.0 Å². The second-order valence-corrected chi connectivity index (χ2v) is 9.98. The van der Waals surface area contributed by atoms with Crippen molar-refractivity contribution < 1.29 is 19.1 Å². The van der Waals surface area contributed by atoms with Crippen LogP contribution in [-0.2, 0) is 27.4 Å². The summed E-state index contributed by atoms with van der Waals surface area (Å²) in [5, 5.41) is 12.7. The van der Waals surface area contributed by atoms with E-state index in [4.69, 9.17) is 9.47 Å². The van der Waals surface area contributed by atoms with Crippen molar-refractivity contribution in [2.75, 3.05) is 20.2 Å². The predicted octanol–water partition coefficient (Wildman–Crippen LogP) is 4.32. The highest BCUT2D eigenvalue weighted by Gasteiger charge is 2.37. The lowest BCUT2D eigenvalue weighted by molar-refractivity contribution is -0.141. The van der Waals surface area contributed by atoms with Gasteiger partial charge in [-0.25, -0.2) is 9.69 Å². The molecule has 3 unspecified atom stereocenters. The Morgan fingerprint density at radius 1 is 1.11 bits per heavy atom. The third-order valence-electron chi connectivity index (χ3n) is 6.60. The molecular formula is C29H38N4O4. The number of nitrogens with zero attached hydrogens (tertiary/aromatic N) is 3. The zero-order chi connectivity index (χ0) is 26.6. The summed E-state index contributed by atoms with van der Waals surface area (Å²) >= 11 is 0. The predicted molar refractivity (Wildman–Crippen MR) is 141 cm³/mol. The summed E-state index contributed by atoms with van der Waals surface area (Å²) in [5.41, 5.74) is 2.03. The molecule has 1 saturated heterocycles. The van der Waals surface area contributed by atoms with Gasteiger partial charge in [0.15, 0.2) is 12.3 Å². The molecule has 1 heterocycles. The number of hydrogen-bond donors (Lipinski definition) is 1. The van der Waals surface area contributed by atoms with Gasteiger partial charge >= 0.3 is 6.09 Å². The van der Waals surface area contributed by atoms with Gasteiger partial charge in [0, 0.05) is 19.1 Å². The Hall–Kier alpha value is -3.41. The Labute approximate surface area is 220 Å². The van der Waals surface area contributed by atoms with Crippen LogP contribution in [-0.4, -0.2) is 60.2 Å². The van der Waals surface area contributed by atoms with Crippen LogP contribution in [0.15, 0.2) is 60.7 Å². The number of carbonyl (C=O) groups is 2. The van der Waals surface area contributed by atoms with Gasteiger partial charge in [0.05, 0.1) is 19.3 Å². The molecule has 1 fully saturated rings. The number of benzene rings is 2. The minimum absolute atomic E-state index is 0.0738. The molecule has 0 spiro atoms. The second-order valence-electron chi connectivity index (χ2n) is 9.98. The fraction of sp³-hybridized carbons (Fsp3) is 0.483. The Morgan fingerprint density at radius 2 is 1.76 bits per heavy atom. The fourth-order valence-electron chi connectivity index (χ4n) is 4.50. The van der Waals surface area contributed by atoms with E-state index in [2.05, 4.69) is 16.4 Å². The minimum atomic E-state index is -1.03. The van der Waals surface area contributed by atoms with Gasteiger partial charge in [0.25, 0.3) is 5.91 Å². The normalized spacial score (nSPS) is 18.6. The highest BCUT2D eigenvalue weighted by molar-refractivity contribution is 5.85. The summed E-state index contributed by atoms with van der Waals surface area (Å²) < 4.78 is 11.5. The topological polar surface area (TPSA) is 94.9 Å². The molecule has 3 rings (SSSR count). The SMILES string of the molecule is CC(C)CC(OC(=O)NCc1ccccc1)C(=O)N(C#N)C1CCN(C)C(COCc2ccccc2)C1. The quantitative estimate of drug-likeness (QED) is 0.360. The van der Waals surface area contributed by atoms with Crippen molar-refractivity contribution in [1.82, 2.24) is 15.1 Å². The lowest BCUT2D eigenvalue weighted by atomic mass is 9.95. The third-order valence-corrected chi connectivity index (χ3v) is 6.60. The first-order valence-electron chi connectivity index (χ1n) is 12.9. The highest BCUT2D eigenvalue weighted by atomic mass is 16.6. The van der Waals surface area contributed by atoms with Crippen molar-refractivity contribution in [3.63, 3.8) is 0 Å². The van der Waals surface area contributed by atoms with E-state index in [1.165, 1.54) is 4.90 Å². The van der Waals surface area contributed by atoms with Crippen LogP contribution in [0.1, 0.15) is 44.2 Å². The molecule has 1 aliphatic heterocycles. The molecule has 198 valence electrons. The molecule has 2 aromatic rings. The van der Waals surface area contributed by atoms with Crippen LogP contribution < -0.4 is 5.32 Å². The van der Waals surface area contributed by atoms with Crippen molar-refractivity contribution in [3.8, 4) is 6.19 Å². The Kier molecular flexibility index (Phi) is 10.9. The zero-order valence-corrected chi connectivity index (χ0v) is 22.0. The van der Waals surface area contributed by atoms with E-state index in [-0.39, 0.29) is 18.0 Å². The van der Waals surface area contributed by atoms with Gasteiger partial charge in [-0.2, -0.15) is 5.26 Å². The highest BCUT2D eigenvalue weighted by Crippen LogP contribution is 2.23. The van der Waals surface area contributed by atoms with Crippen LogP contribution in [0.4, 0.5) is 4.79 Å². The fourth-order valence-corrected chi connectivity index (χ4v) is 4.50. The van der Waals surface area contributed by atoms with Crippen molar-refractivity contribution in [1.29, 1.82) is 5.26 Å². The number of nitriles is 1. The first kappa shape index (κ1) is 28.2. The van der Waals surface area contributed by atoms with Gasteiger partial charge in [0.2, 0.25) is 0 Å². The molecule has 37 heavy (non-hydrogen) atoms. The molecule has 0 aromatic heterocycles. The number of ether oxygens (including phenoxy) is 2. The van der Waals surface area contributed by atoms with Crippen LogP contribution in [0, 0.1) is 17.4 Å². The maximum Gasteiger partial charge on any atom is 0.408 e. The number of likely N-dealkylation sites (tertiary alicyclic amines) is 1. The number of hydrogen-bond acceptors (Lipinski definition) is 6. The van der Waals surface area contributed by atoms with E-state index in [0.29, 0.717) is 39.0 Å². The van der Waals surface area contributed by atoms with Gasteiger partial charge in [-0.15, -0.1) is 0 Å². The Morgan fingerprint density at radius 3 is 2.38 bits per heavy atom. The molecule has 2 amide bonds. The van der Waals surface area contributed by atoms with E-state index in [9.17, 15) is 14.9 Å². The smallest absolute Gasteiger partial charge is 0.408 e. The van der Waals surface area contributed by atoms with Crippen LogP contribution in [0.25, 0.3) is 0 Å². The van der Waals surface area contributed by atoms with Gasteiger partial charge in [0.1, 0.15) is 0 Å². The lowest BCUT2D eigenvalue weighted by Gasteiger charge is -2.40. The monoisotopic (exact) mass is 506 g/mol. The number of amides is 2. The number of rotatable bonds is 11.